The largest absolute Gasteiger partial charge is 0.327 e. The summed E-state index contributed by atoms with van der Waals surface area (Å²) in [5.41, 5.74) is 9.22. The number of aromatic nitrogens is 4. The maximum absolute atomic E-state index is 17.3. The molecule has 1 atom stereocenters. The SMILES string of the molecule is Cn1c(-c2cccc(C(F)c3cccc(N4c5ccc6c7ccccc7n(-c7ccccc7)c6c5[Si](c5ccccc5)(c5ccccc5)c5cccnc54)c3)c2)nc2ccccc21. The maximum atomic E-state index is 17.3. The molecule has 3 aromatic heterocycles. The van der Waals surface area contributed by atoms with Gasteiger partial charge in [0.25, 0.3) is 0 Å². The molecular formula is C56H40FN5Si. The zero-order chi connectivity index (χ0) is 42.1. The fourth-order valence-electron chi connectivity index (χ4n) is 10.2. The van der Waals surface area contributed by atoms with Gasteiger partial charge in [0.05, 0.1) is 27.8 Å². The number of rotatable bonds is 7. The van der Waals surface area contributed by atoms with Crippen molar-refractivity contribution in [2.75, 3.05) is 4.90 Å². The fraction of sp³-hybridized carbons (Fsp3) is 0.0357. The molecule has 0 saturated carbocycles. The molecule has 0 radical (unpaired) electrons. The van der Waals surface area contributed by atoms with Crippen molar-refractivity contribution >= 4 is 78.9 Å². The lowest BCUT2D eigenvalue weighted by atomic mass is 9.99. The smallest absolute Gasteiger partial charge is 0.188 e. The molecule has 8 aromatic carbocycles. The van der Waals surface area contributed by atoms with Crippen LogP contribution < -0.4 is 25.6 Å². The van der Waals surface area contributed by atoms with Crippen LogP contribution in [-0.4, -0.2) is 27.2 Å². The number of pyridine rings is 1. The molecule has 300 valence electrons. The van der Waals surface area contributed by atoms with E-state index >= 15 is 4.39 Å². The quantitative estimate of drug-likeness (QED) is 0.150. The molecule has 0 amide bonds. The number of aryl methyl sites for hydroxylation is 1. The Morgan fingerprint density at radius 3 is 1.92 bits per heavy atom. The molecule has 5 nitrogen and oxygen atoms in total. The highest BCUT2D eigenvalue weighted by atomic mass is 28.3. The van der Waals surface area contributed by atoms with Crippen LogP contribution in [0.2, 0.25) is 0 Å². The molecule has 1 unspecified atom stereocenters. The van der Waals surface area contributed by atoms with Crippen molar-refractivity contribution in [1.82, 2.24) is 19.1 Å². The topological polar surface area (TPSA) is 38.9 Å². The zero-order valence-electron chi connectivity index (χ0n) is 34.5. The van der Waals surface area contributed by atoms with E-state index < -0.39 is 14.2 Å². The van der Waals surface area contributed by atoms with Gasteiger partial charge in [-0.1, -0.05) is 152 Å². The molecular weight excluding hydrogens is 790 g/mol. The zero-order valence-corrected chi connectivity index (χ0v) is 35.5. The third-order valence-corrected chi connectivity index (χ3v) is 17.7. The van der Waals surface area contributed by atoms with Gasteiger partial charge in [0.15, 0.2) is 14.2 Å². The lowest BCUT2D eigenvalue weighted by Crippen LogP contribution is -2.77. The van der Waals surface area contributed by atoms with Crippen molar-refractivity contribution < 1.29 is 4.39 Å². The molecule has 1 aliphatic heterocycles. The summed E-state index contributed by atoms with van der Waals surface area (Å²) in [6.45, 7) is 0. The van der Waals surface area contributed by atoms with E-state index in [9.17, 15) is 0 Å². The van der Waals surface area contributed by atoms with E-state index in [0.717, 1.165) is 56.3 Å². The Bertz CT molecular complexity index is 3470. The van der Waals surface area contributed by atoms with Gasteiger partial charge >= 0.3 is 0 Å². The minimum atomic E-state index is -3.19. The first-order valence-electron chi connectivity index (χ1n) is 21.4. The van der Waals surface area contributed by atoms with Crippen LogP contribution in [0.4, 0.5) is 21.6 Å². The van der Waals surface area contributed by atoms with Gasteiger partial charge in [-0.15, -0.1) is 0 Å². The molecule has 0 aliphatic carbocycles. The summed E-state index contributed by atoms with van der Waals surface area (Å²) in [6.07, 6.45) is 0.497. The van der Waals surface area contributed by atoms with Gasteiger partial charge in [-0.25, -0.2) is 14.4 Å². The number of fused-ring (bicyclic) bond motifs is 7. The molecule has 0 spiro atoms. The Morgan fingerprint density at radius 2 is 1.17 bits per heavy atom. The van der Waals surface area contributed by atoms with Crippen LogP contribution in [0.15, 0.2) is 219 Å². The molecule has 0 N–H and O–H groups in total. The Kier molecular flexibility index (Phi) is 8.59. The van der Waals surface area contributed by atoms with Gasteiger partial charge in [-0.3, -0.25) is 4.90 Å². The predicted octanol–water partition coefficient (Wildman–Crippen LogP) is 11.0. The summed E-state index contributed by atoms with van der Waals surface area (Å²) < 4.78 is 21.8. The van der Waals surface area contributed by atoms with E-state index in [2.05, 4.69) is 166 Å². The van der Waals surface area contributed by atoms with E-state index in [4.69, 9.17) is 9.97 Å². The second kappa shape index (κ2) is 14.6. The summed E-state index contributed by atoms with van der Waals surface area (Å²) in [5.74, 6) is 1.65. The maximum Gasteiger partial charge on any atom is 0.188 e. The highest BCUT2D eigenvalue weighted by molar-refractivity contribution is 7.22. The van der Waals surface area contributed by atoms with Crippen molar-refractivity contribution in [1.29, 1.82) is 0 Å². The van der Waals surface area contributed by atoms with Crippen molar-refractivity contribution in [3.05, 3.63) is 230 Å². The summed E-state index contributed by atoms with van der Waals surface area (Å²) in [5, 5.41) is 7.33. The molecule has 12 rings (SSSR count). The number of alkyl halides is 1. The monoisotopic (exact) mass is 829 g/mol. The first-order chi connectivity index (χ1) is 31.1. The molecule has 4 heterocycles. The van der Waals surface area contributed by atoms with Crippen molar-refractivity contribution in [2.24, 2.45) is 7.05 Å². The van der Waals surface area contributed by atoms with Crippen molar-refractivity contribution in [2.45, 2.75) is 6.17 Å². The van der Waals surface area contributed by atoms with Crippen LogP contribution in [0.3, 0.4) is 0 Å². The second-order valence-corrected chi connectivity index (χ2v) is 20.0. The number of para-hydroxylation sites is 4. The number of hydrogen-bond acceptors (Lipinski definition) is 3. The molecule has 0 fully saturated rings. The van der Waals surface area contributed by atoms with E-state index in [0.29, 0.717) is 11.1 Å². The molecule has 7 heteroatoms. The first-order valence-corrected chi connectivity index (χ1v) is 23.4. The van der Waals surface area contributed by atoms with E-state index in [1.54, 1.807) is 0 Å². The van der Waals surface area contributed by atoms with Gasteiger partial charge in [0, 0.05) is 46.1 Å². The normalized spacial score (nSPS) is 13.6. The standard InChI is InChI=1S/C56H40FN5Si/c1-60-49-31-14-12-29-47(49)59-55(60)40-20-15-18-38(36-40)52(57)39-19-16-23-42(37-39)62-50-34-33-46-45-28-11-13-30-48(45)61(41-21-5-2-6-22-41)53(46)54(50)63(43-24-7-3-8-25-43,44-26-9-4-10-27-44)51-32-17-35-58-56(51)62/h2-37,52H,1H3. The Hall–Kier alpha value is -7.87. The van der Waals surface area contributed by atoms with Gasteiger partial charge in [-0.2, -0.15) is 0 Å². The van der Waals surface area contributed by atoms with E-state index in [-0.39, 0.29) is 0 Å². The van der Waals surface area contributed by atoms with Crippen LogP contribution >= 0.6 is 0 Å². The van der Waals surface area contributed by atoms with Crippen LogP contribution in [0.1, 0.15) is 17.3 Å². The minimum Gasteiger partial charge on any atom is -0.327 e. The number of nitrogens with zero attached hydrogens (tertiary/aromatic N) is 5. The van der Waals surface area contributed by atoms with Gasteiger partial charge in [-0.05, 0) is 87.4 Å². The summed E-state index contributed by atoms with van der Waals surface area (Å²) in [4.78, 5) is 12.5. The van der Waals surface area contributed by atoms with Crippen LogP contribution in [0.5, 0.6) is 0 Å². The van der Waals surface area contributed by atoms with Gasteiger partial charge < -0.3 is 9.13 Å². The molecule has 0 saturated heterocycles. The van der Waals surface area contributed by atoms with E-state index in [1.807, 2.05) is 73.9 Å². The Balaban J connectivity index is 1.12. The number of hydrogen-bond donors (Lipinski definition) is 0. The third kappa shape index (κ3) is 5.60. The molecule has 11 aromatic rings. The van der Waals surface area contributed by atoms with Gasteiger partial charge in [0.1, 0.15) is 11.6 Å². The molecule has 63 heavy (non-hydrogen) atoms. The Morgan fingerprint density at radius 1 is 0.540 bits per heavy atom. The number of benzene rings is 8. The number of imidazole rings is 1. The van der Waals surface area contributed by atoms with Crippen LogP contribution in [-0.2, 0) is 7.05 Å². The molecule has 1 aliphatic rings. The van der Waals surface area contributed by atoms with Gasteiger partial charge in [0.2, 0.25) is 0 Å². The van der Waals surface area contributed by atoms with Crippen LogP contribution in [0, 0.1) is 0 Å². The number of halogens is 1. The first kappa shape index (κ1) is 36.9. The summed E-state index contributed by atoms with van der Waals surface area (Å²) in [7, 11) is -1.18. The number of anilines is 3. The molecule has 0 bridgehead atoms. The lowest BCUT2D eigenvalue weighted by molar-refractivity contribution is 0.402. The highest BCUT2D eigenvalue weighted by Crippen LogP contribution is 2.43. The fourth-order valence-corrected chi connectivity index (χ4v) is 15.4. The van der Waals surface area contributed by atoms with Crippen molar-refractivity contribution in [3.8, 4) is 17.1 Å². The summed E-state index contributed by atoms with van der Waals surface area (Å²) in [6, 6.07) is 74.2. The third-order valence-electron chi connectivity index (χ3n) is 12.9. The Labute approximate surface area is 365 Å². The average molecular weight is 830 g/mol. The van der Waals surface area contributed by atoms with Crippen LogP contribution in [0.25, 0.3) is 49.9 Å². The predicted molar refractivity (Wildman–Crippen MR) is 260 cm³/mol. The lowest BCUT2D eigenvalue weighted by Gasteiger charge is -2.44. The van der Waals surface area contributed by atoms with Crippen molar-refractivity contribution in [3.63, 3.8) is 0 Å². The highest BCUT2D eigenvalue weighted by Gasteiger charge is 2.51. The minimum absolute atomic E-state index is 0.563. The average Bonchev–Trinajstić information content (AvgIpc) is 3.88. The second-order valence-electron chi connectivity index (χ2n) is 16.3. The van der Waals surface area contributed by atoms with E-state index in [1.165, 1.54) is 31.5 Å². The summed E-state index contributed by atoms with van der Waals surface area (Å²) >= 11 is 0.